The maximum atomic E-state index is 14.0. The maximum Gasteiger partial charge on any atom is 0.389 e. The molecule has 8 heteroatoms. The fraction of sp³-hybridized carbons (Fsp3) is 0.833. The van der Waals surface area contributed by atoms with E-state index in [-0.39, 0.29) is 12.8 Å². The average Bonchev–Trinajstić information content (AvgIpc) is 2.23. The highest BCUT2D eigenvalue weighted by Crippen LogP contribution is 2.43. The molecule has 3 N–H and O–H groups in total. The first-order valence-electron chi connectivity index (χ1n) is 6.32. The molecule has 1 aliphatic rings. The number of carbonyl (C=O) groups is 2. The molecule has 1 amide bonds. The van der Waals surface area contributed by atoms with Gasteiger partial charge in [-0.15, -0.1) is 0 Å². The summed E-state index contributed by atoms with van der Waals surface area (Å²) in [6, 6.07) is 0. The summed E-state index contributed by atoms with van der Waals surface area (Å²) in [6.07, 6.45) is -6.08. The van der Waals surface area contributed by atoms with Gasteiger partial charge >= 0.3 is 12.1 Å². The van der Waals surface area contributed by atoms with Gasteiger partial charge in [-0.1, -0.05) is 0 Å². The lowest BCUT2D eigenvalue weighted by molar-refractivity contribution is -0.155. The molecule has 1 fully saturated rings. The molecule has 0 aromatic heterocycles. The first kappa shape index (κ1) is 16.7. The molecule has 2 atom stereocenters. The molecular weight excluding hydrogens is 282 g/mol. The average molecular weight is 299 g/mol. The van der Waals surface area contributed by atoms with Crippen LogP contribution in [0.1, 0.15) is 38.5 Å². The van der Waals surface area contributed by atoms with E-state index >= 15 is 0 Å². The highest BCUT2D eigenvalue weighted by Gasteiger charge is 2.45. The number of carboxylic acids is 1. The minimum Gasteiger partial charge on any atom is -0.481 e. The molecule has 0 spiro atoms. The van der Waals surface area contributed by atoms with Gasteiger partial charge in [-0.2, -0.15) is 13.2 Å². The van der Waals surface area contributed by atoms with Gasteiger partial charge in [0.2, 0.25) is 5.91 Å². The Bertz CT molecular complexity index is 379. The molecule has 0 aromatic carbocycles. The fourth-order valence-corrected chi connectivity index (χ4v) is 2.42. The summed E-state index contributed by atoms with van der Waals surface area (Å²) in [4.78, 5) is 22.4. The lowest BCUT2D eigenvalue weighted by atomic mass is 9.72. The van der Waals surface area contributed by atoms with Crippen LogP contribution in [0.25, 0.3) is 0 Å². The third-order valence-electron chi connectivity index (χ3n) is 3.74. The van der Waals surface area contributed by atoms with Gasteiger partial charge in [-0.3, -0.25) is 9.59 Å². The summed E-state index contributed by atoms with van der Waals surface area (Å²) in [5, 5.41) is 8.98. The van der Waals surface area contributed by atoms with Crippen LogP contribution >= 0.6 is 0 Å². The highest BCUT2D eigenvalue weighted by atomic mass is 19.4. The van der Waals surface area contributed by atoms with Crippen molar-refractivity contribution in [1.82, 2.24) is 0 Å². The molecule has 0 radical (unpaired) electrons. The van der Waals surface area contributed by atoms with Crippen LogP contribution in [-0.4, -0.2) is 28.8 Å². The molecule has 0 heterocycles. The third-order valence-corrected chi connectivity index (χ3v) is 3.74. The Hall–Kier alpha value is -1.34. The summed E-state index contributed by atoms with van der Waals surface area (Å²) in [7, 11) is 0. The number of carbonyl (C=O) groups excluding carboxylic acids is 1. The minimum absolute atomic E-state index is 0.183. The van der Waals surface area contributed by atoms with E-state index in [0.29, 0.717) is 6.42 Å². The van der Waals surface area contributed by atoms with Crippen molar-refractivity contribution in [3.63, 3.8) is 0 Å². The quantitative estimate of drug-likeness (QED) is 0.708. The normalized spacial score (nSPS) is 20.8. The predicted molar refractivity (Wildman–Crippen MR) is 61.4 cm³/mol. The largest absolute Gasteiger partial charge is 0.481 e. The second-order valence-corrected chi connectivity index (χ2v) is 5.32. The molecule has 116 valence electrons. The Labute approximate surface area is 113 Å². The molecule has 20 heavy (non-hydrogen) atoms. The van der Waals surface area contributed by atoms with Crippen molar-refractivity contribution in [2.75, 3.05) is 0 Å². The van der Waals surface area contributed by atoms with Crippen LogP contribution in [0.2, 0.25) is 0 Å². The predicted octanol–water partition coefficient (Wildman–Crippen LogP) is 2.41. The molecule has 0 aliphatic heterocycles. The van der Waals surface area contributed by atoms with Crippen molar-refractivity contribution in [3.05, 3.63) is 0 Å². The molecule has 1 aliphatic carbocycles. The van der Waals surface area contributed by atoms with Crippen LogP contribution in [-0.2, 0) is 9.59 Å². The number of alkyl halides is 4. The van der Waals surface area contributed by atoms with Crippen LogP contribution in [0.15, 0.2) is 0 Å². The Morgan fingerprint density at radius 1 is 1.25 bits per heavy atom. The zero-order valence-corrected chi connectivity index (χ0v) is 10.8. The van der Waals surface area contributed by atoms with Crippen LogP contribution in [0.4, 0.5) is 17.6 Å². The third kappa shape index (κ3) is 4.64. The van der Waals surface area contributed by atoms with E-state index in [9.17, 15) is 27.2 Å². The van der Waals surface area contributed by atoms with Gasteiger partial charge in [0.25, 0.3) is 0 Å². The Kier molecular flexibility index (Phi) is 4.99. The summed E-state index contributed by atoms with van der Waals surface area (Å²) < 4.78 is 50.5. The van der Waals surface area contributed by atoms with Gasteiger partial charge in [0.15, 0.2) is 0 Å². The second kappa shape index (κ2) is 5.97. The van der Waals surface area contributed by atoms with E-state index in [0.717, 1.165) is 0 Å². The minimum atomic E-state index is -4.53. The van der Waals surface area contributed by atoms with Crippen LogP contribution in [0, 0.1) is 11.8 Å². The molecule has 1 saturated carbocycles. The van der Waals surface area contributed by atoms with Crippen molar-refractivity contribution >= 4 is 11.9 Å². The summed E-state index contributed by atoms with van der Waals surface area (Å²) in [5.74, 6) is -5.65. The van der Waals surface area contributed by atoms with E-state index in [4.69, 9.17) is 10.8 Å². The van der Waals surface area contributed by atoms with E-state index in [1.165, 1.54) is 0 Å². The van der Waals surface area contributed by atoms with Gasteiger partial charge in [-0.25, -0.2) is 4.39 Å². The van der Waals surface area contributed by atoms with E-state index in [1.807, 2.05) is 0 Å². The number of carboxylic acid groups (broad SMARTS) is 1. The standard InChI is InChI=1S/C12H17F4NO3/c13-11(3-1-4-11)6-8(9(17)18)7(10(19)20)2-5-12(14,15)16/h7-8H,1-6H2,(H2,17,18)(H,19,20). The number of hydrogen-bond donors (Lipinski definition) is 2. The van der Waals surface area contributed by atoms with Crippen molar-refractivity contribution in [3.8, 4) is 0 Å². The van der Waals surface area contributed by atoms with E-state index < -0.39 is 54.8 Å². The maximum absolute atomic E-state index is 14.0. The van der Waals surface area contributed by atoms with E-state index in [2.05, 4.69) is 0 Å². The van der Waals surface area contributed by atoms with Crippen molar-refractivity contribution in [2.45, 2.75) is 50.4 Å². The van der Waals surface area contributed by atoms with Gasteiger partial charge in [-0.05, 0) is 32.1 Å². The van der Waals surface area contributed by atoms with Gasteiger partial charge in [0.05, 0.1) is 11.8 Å². The number of hydrogen-bond acceptors (Lipinski definition) is 2. The Morgan fingerprint density at radius 3 is 2.10 bits per heavy atom. The topological polar surface area (TPSA) is 80.4 Å². The Morgan fingerprint density at radius 2 is 1.80 bits per heavy atom. The number of primary amides is 1. The van der Waals surface area contributed by atoms with E-state index in [1.54, 1.807) is 0 Å². The number of amides is 1. The first-order valence-corrected chi connectivity index (χ1v) is 6.32. The van der Waals surface area contributed by atoms with Crippen molar-refractivity contribution in [1.29, 1.82) is 0 Å². The van der Waals surface area contributed by atoms with Crippen molar-refractivity contribution in [2.24, 2.45) is 17.6 Å². The lowest BCUT2D eigenvalue weighted by Gasteiger charge is -2.37. The summed E-state index contributed by atoms with van der Waals surface area (Å²) in [6.45, 7) is 0. The molecule has 1 rings (SSSR count). The molecular formula is C12H17F4NO3. The molecule has 2 unspecified atom stereocenters. The molecule has 4 nitrogen and oxygen atoms in total. The van der Waals surface area contributed by atoms with Crippen molar-refractivity contribution < 1.29 is 32.3 Å². The summed E-state index contributed by atoms with van der Waals surface area (Å²) >= 11 is 0. The molecule has 0 saturated heterocycles. The summed E-state index contributed by atoms with van der Waals surface area (Å²) in [5.41, 5.74) is 3.38. The smallest absolute Gasteiger partial charge is 0.389 e. The second-order valence-electron chi connectivity index (χ2n) is 5.32. The zero-order chi connectivity index (χ0) is 15.6. The van der Waals surface area contributed by atoms with Crippen LogP contribution < -0.4 is 5.73 Å². The van der Waals surface area contributed by atoms with Crippen LogP contribution in [0.5, 0.6) is 0 Å². The number of rotatable bonds is 7. The van der Waals surface area contributed by atoms with Gasteiger partial charge in [0.1, 0.15) is 5.67 Å². The fourth-order valence-electron chi connectivity index (χ4n) is 2.42. The molecule has 0 bridgehead atoms. The number of nitrogens with two attached hydrogens (primary N) is 1. The Balaban J connectivity index is 2.77. The SMILES string of the molecule is NC(=O)C(CC1(F)CCC1)C(CCC(F)(F)F)C(=O)O. The zero-order valence-electron chi connectivity index (χ0n) is 10.8. The van der Waals surface area contributed by atoms with Gasteiger partial charge < -0.3 is 10.8 Å². The number of aliphatic carboxylic acids is 1. The lowest BCUT2D eigenvalue weighted by Crippen LogP contribution is -2.43. The first-order chi connectivity index (χ1) is 9.04. The molecule has 0 aromatic rings. The van der Waals surface area contributed by atoms with Crippen LogP contribution in [0.3, 0.4) is 0 Å². The number of halogens is 4. The highest BCUT2D eigenvalue weighted by molar-refractivity contribution is 5.83. The van der Waals surface area contributed by atoms with Gasteiger partial charge in [0, 0.05) is 6.42 Å². The monoisotopic (exact) mass is 299 g/mol.